The van der Waals surface area contributed by atoms with Crippen molar-refractivity contribution >= 4 is 34.8 Å². The molecule has 0 spiro atoms. The third-order valence-corrected chi connectivity index (χ3v) is 5.21. The normalized spacial score (nSPS) is 15.2. The van der Waals surface area contributed by atoms with Crippen molar-refractivity contribution in [2.45, 2.75) is 12.8 Å². The van der Waals surface area contributed by atoms with Crippen molar-refractivity contribution in [2.24, 2.45) is 0 Å². The van der Waals surface area contributed by atoms with Gasteiger partial charge in [0, 0.05) is 37.3 Å². The van der Waals surface area contributed by atoms with Crippen molar-refractivity contribution in [3.8, 4) is 0 Å². The molecule has 7 heteroatoms. The number of hydrogen-bond donors (Lipinski definition) is 0. The maximum Gasteiger partial charge on any atom is 0.272 e. The van der Waals surface area contributed by atoms with E-state index in [1.807, 2.05) is 17.0 Å². The number of pyridine rings is 1. The van der Waals surface area contributed by atoms with Gasteiger partial charge in [0.1, 0.15) is 5.69 Å². The van der Waals surface area contributed by atoms with Gasteiger partial charge < -0.3 is 9.80 Å². The van der Waals surface area contributed by atoms with Gasteiger partial charge in [0.15, 0.2) is 0 Å². The fourth-order valence-electron chi connectivity index (χ4n) is 2.73. The van der Waals surface area contributed by atoms with Crippen LogP contribution in [-0.2, 0) is 11.2 Å². The van der Waals surface area contributed by atoms with Gasteiger partial charge in [0.05, 0.1) is 10.8 Å². The standard InChI is InChI=1S/C17H18ClN3O2S/c18-15-6-5-13(24-15)12-16(22)20-8-3-9-21(11-10-20)17(23)14-4-1-2-7-19-14/h1-2,4-7H,3,8-12H2. The van der Waals surface area contributed by atoms with Crippen LogP contribution < -0.4 is 0 Å². The van der Waals surface area contributed by atoms with Gasteiger partial charge in [-0.3, -0.25) is 14.6 Å². The Morgan fingerprint density at radius 1 is 1.08 bits per heavy atom. The Kier molecular flexibility index (Phi) is 5.48. The molecule has 0 aliphatic carbocycles. The number of hydrogen-bond acceptors (Lipinski definition) is 4. The van der Waals surface area contributed by atoms with Crippen LogP contribution in [-0.4, -0.2) is 52.8 Å². The Labute approximate surface area is 149 Å². The maximum atomic E-state index is 12.5. The third kappa shape index (κ3) is 4.13. The van der Waals surface area contributed by atoms with Gasteiger partial charge >= 0.3 is 0 Å². The van der Waals surface area contributed by atoms with E-state index in [4.69, 9.17) is 11.6 Å². The van der Waals surface area contributed by atoms with Gasteiger partial charge in [0.25, 0.3) is 5.91 Å². The van der Waals surface area contributed by atoms with E-state index in [9.17, 15) is 9.59 Å². The molecule has 2 amide bonds. The van der Waals surface area contributed by atoms with E-state index >= 15 is 0 Å². The predicted octanol–water partition coefficient (Wildman–Crippen LogP) is 2.71. The summed E-state index contributed by atoms with van der Waals surface area (Å²) < 4.78 is 0.695. The van der Waals surface area contributed by atoms with Crippen molar-refractivity contribution in [1.82, 2.24) is 14.8 Å². The largest absolute Gasteiger partial charge is 0.341 e. The summed E-state index contributed by atoms with van der Waals surface area (Å²) >= 11 is 7.34. The van der Waals surface area contributed by atoms with Crippen molar-refractivity contribution in [3.05, 3.63) is 51.4 Å². The summed E-state index contributed by atoms with van der Waals surface area (Å²) in [6.07, 6.45) is 2.76. The van der Waals surface area contributed by atoms with Crippen LogP contribution in [0.2, 0.25) is 4.34 Å². The molecule has 1 fully saturated rings. The molecule has 126 valence electrons. The molecule has 0 atom stereocenters. The molecule has 3 rings (SSSR count). The summed E-state index contributed by atoms with van der Waals surface area (Å²) in [7, 11) is 0. The van der Waals surface area contributed by atoms with Gasteiger partial charge in [0.2, 0.25) is 5.91 Å². The van der Waals surface area contributed by atoms with Crippen LogP contribution in [0.3, 0.4) is 0 Å². The van der Waals surface area contributed by atoms with Crippen LogP contribution in [0.5, 0.6) is 0 Å². The van der Waals surface area contributed by atoms with Crippen molar-refractivity contribution in [2.75, 3.05) is 26.2 Å². The molecular formula is C17H18ClN3O2S. The topological polar surface area (TPSA) is 53.5 Å². The summed E-state index contributed by atoms with van der Waals surface area (Å²) in [5.41, 5.74) is 0.450. The summed E-state index contributed by atoms with van der Waals surface area (Å²) in [5.74, 6) is 0.00980. The highest BCUT2D eigenvalue weighted by Crippen LogP contribution is 2.22. The highest BCUT2D eigenvalue weighted by Gasteiger charge is 2.23. The average Bonchev–Trinajstić information content (AvgIpc) is 2.86. The number of thiophene rings is 1. The number of rotatable bonds is 3. The number of aromatic nitrogens is 1. The summed E-state index contributed by atoms with van der Waals surface area (Å²) in [6.45, 7) is 2.40. The Bertz CT molecular complexity index is 720. The second-order valence-electron chi connectivity index (χ2n) is 5.62. The van der Waals surface area contributed by atoms with E-state index in [-0.39, 0.29) is 11.8 Å². The van der Waals surface area contributed by atoms with E-state index in [1.165, 1.54) is 11.3 Å². The number of amides is 2. The molecule has 2 aromatic rings. The Balaban J connectivity index is 1.58. The molecule has 24 heavy (non-hydrogen) atoms. The molecule has 0 radical (unpaired) electrons. The Hall–Kier alpha value is -1.92. The first-order chi connectivity index (χ1) is 11.6. The molecule has 1 aliphatic rings. The fraction of sp³-hybridized carbons (Fsp3) is 0.353. The lowest BCUT2D eigenvalue weighted by Crippen LogP contribution is -2.38. The van der Waals surface area contributed by atoms with Gasteiger partial charge in [-0.2, -0.15) is 0 Å². The molecular weight excluding hydrogens is 346 g/mol. The van der Waals surface area contributed by atoms with E-state index in [0.717, 1.165) is 11.3 Å². The number of carbonyl (C=O) groups excluding carboxylic acids is 2. The fourth-order valence-corrected chi connectivity index (χ4v) is 3.81. The molecule has 1 aliphatic heterocycles. The predicted molar refractivity (Wildman–Crippen MR) is 94.4 cm³/mol. The van der Waals surface area contributed by atoms with E-state index < -0.39 is 0 Å². The summed E-state index contributed by atoms with van der Waals surface area (Å²) in [5, 5.41) is 0. The molecule has 0 unspecified atom stereocenters. The second-order valence-corrected chi connectivity index (χ2v) is 7.42. The molecule has 0 saturated carbocycles. The average molecular weight is 364 g/mol. The second kappa shape index (κ2) is 7.77. The zero-order valence-electron chi connectivity index (χ0n) is 13.2. The molecule has 0 N–H and O–H groups in total. The SMILES string of the molecule is O=C(Cc1ccc(Cl)s1)N1CCCN(C(=O)c2ccccn2)CC1. The molecule has 3 heterocycles. The van der Waals surface area contributed by atoms with Gasteiger partial charge in [-0.1, -0.05) is 17.7 Å². The van der Waals surface area contributed by atoms with Gasteiger partial charge in [-0.05, 0) is 30.7 Å². The smallest absolute Gasteiger partial charge is 0.272 e. The number of carbonyl (C=O) groups is 2. The molecule has 2 aromatic heterocycles. The van der Waals surface area contributed by atoms with Gasteiger partial charge in [-0.25, -0.2) is 0 Å². The number of nitrogens with zero attached hydrogens (tertiary/aromatic N) is 3. The third-order valence-electron chi connectivity index (χ3n) is 3.97. The van der Waals surface area contributed by atoms with E-state index in [2.05, 4.69) is 4.98 Å². The summed E-state index contributed by atoms with van der Waals surface area (Å²) in [4.78, 5) is 33.6. The minimum atomic E-state index is -0.0741. The lowest BCUT2D eigenvalue weighted by atomic mass is 10.3. The van der Waals surface area contributed by atoms with Crippen LogP contribution in [0.4, 0.5) is 0 Å². The Morgan fingerprint density at radius 2 is 1.88 bits per heavy atom. The van der Waals surface area contributed by atoms with Crippen molar-refractivity contribution < 1.29 is 9.59 Å². The first-order valence-corrected chi connectivity index (χ1v) is 9.05. The lowest BCUT2D eigenvalue weighted by Gasteiger charge is -2.22. The Morgan fingerprint density at radius 3 is 2.58 bits per heavy atom. The van der Waals surface area contributed by atoms with Crippen molar-refractivity contribution in [3.63, 3.8) is 0 Å². The molecule has 0 aromatic carbocycles. The highest BCUT2D eigenvalue weighted by molar-refractivity contribution is 7.16. The number of halogens is 1. The van der Waals surface area contributed by atoms with Crippen LogP contribution in [0.25, 0.3) is 0 Å². The zero-order valence-corrected chi connectivity index (χ0v) is 14.7. The van der Waals surface area contributed by atoms with Crippen LogP contribution >= 0.6 is 22.9 Å². The van der Waals surface area contributed by atoms with Crippen LogP contribution in [0.15, 0.2) is 36.5 Å². The van der Waals surface area contributed by atoms with Crippen LogP contribution in [0.1, 0.15) is 21.8 Å². The highest BCUT2D eigenvalue weighted by atomic mass is 35.5. The minimum absolute atomic E-state index is 0.0741. The molecule has 0 bridgehead atoms. The summed E-state index contributed by atoms with van der Waals surface area (Å²) in [6, 6.07) is 9.01. The molecule has 1 saturated heterocycles. The van der Waals surface area contributed by atoms with Crippen molar-refractivity contribution in [1.29, 1.82) is 0 Å². The zero-order chi connectivity index (χ0) is 16.9. The maximum absolute atomic E-state index is 12.5. The molecule has 5 nitrogen and oxygen atoms in total. The first-order valence-electron chi connectivity index (χ1n) is 7.86. The quantitative estimate of drug-likeness (QED) is 0.842. The van der Waals surface area contributed by atoms with E-state index in [0.29, 0.717) is 42.6 Å². The lowest BCUT2D eigenvalue weighted by molar-refractivity contribution is -0.130. The minimum Gasteiger partial charge on any atom is -0.341 e. The van der Waals surface area contributed by atoms with Gasteiger partial charge in [-0.15, -0.1) is 11.3 Å². The monoisotopic (exact) mass is 363 g/mol. The van der Waals surface area contributed by atoms with E-state index in [1.54, 1.807) is 29.3 Å². The first kappa shape index (κ1) is 16.9. The van der Waals surface area contributed by atoms with Crippen LogP contribution in [0, 0.1) is 0 Å².